The zero-order valence-corrected chi connectivity index (χ0v) is 10.2. The molecule has 17 heavy (non-hydrogen) atoms. The smallest absolute Gasteiger partial charge is 0.223 e. The highest BCUT2D eigenvalue weighted by Crippen LogP contribution is 2.27. The maximum atomic E-state index is 11.9. The summed E-state index contributed by atoms with van der Waals surface area (Å²) in [6.07, 6.45) is 1.56. The van der Waals surface area contributed by atoms with Crippen LogP contribution in [0.5, 0.6) is 0 Å². The molecule has 0 spiro atoms. The first-order valence-electron chi connectivity index (χ1n) is 6.17. The van der Waals surface area contributed by atoms with Crippen molar-refractivity contribution < 1.29 is 9.90 Å². The summed E-state index contributed by atoms with van der Waals surface area (Å²) in [7, 11) is 0. The van der Waals surface area contributed by atoms with Crippen molar-refractivity contribution in [2.45, 2.75) is 25.8 Å². The number of hydrogen-bond donors (Lipinski definition) is 1. The van der Waals surface area contributed by atoms with E-state index in [0.29, 0.717) is 12.3 Å². The second kappa shape index (κ2) is 5.32. The molecule has 1 unspecified atom stereocenters. The van der Waals surface area contributed by atoms with E-state index in [1.165, 1.54) is 0 Å². The quantitative estimate of drug-likeness (QED) is 0.867. The molecule has 92 valence electrons. The van der Waals surface area contributed by atoms with Crippen LogP contribution in [0.1, 0.15) is 31.4 Å². The van der Waals surface area contributed by atoms with E-state index >= 15 is 0 Å². The molecule has 3 heteroatoms. The molecule has 0 aromatic heterocycles. The minimum Gasteiger partial charge on any atom is -0.394 e. The Bertz CT molecular complexity index is 377. The summed E-state index contributed by atoms with van der Waals surface area (Å²) in [4.78, 5) is 13.8. The number of nitrogens with zero attached hydrogens (tertiary/aromatic N) is 1. The number of amides is 1. The van der Waals surface area contributed by atoms with Gasteiger partial charge in [0.05, 0.1) is 12.6 Å². The zero-order valence-electron chi connectivity index (χ0n) is 10.2. The summed E-state index contributed by atoms with van der Waals surface area (Å²) < 4.78 is 0. The minimum absolute atomic E-state index is 0.0114. The molecule has 1 aliphatic rings. The zero-order chi connectivity index (χ0) is 12.3. The molecule has 1 fully saturated rings. The van der Waals surface area contributed by atoms with E-state index in [1.54, 1.807) is 0 Å². The van der Waals surface area contributed by atoms with Crippen LogP contribution in [-0.2, 0) is 4.79 Å². The standard InChI is InChI=1S/C14H19NO2/c1-11-7-8-14(17)15(9-11)13(10-16)12-5-3-2-4-6-12/h2-6,11,13,16H,7-10H2,1H3/t11?,13-/m1/s1. The molecule has 1 aliphatic heterocycles. The molecule has 3 nitrogen and oxygen atoms in total. The third-order valence-electron chi connectivity index (χ3n) is 3.41. The Morgan fingerprint density at radius 1 is 1.41 bits per heavy atom. The van der Waals surface area contributed by atoms with Crippen LogP contribution in [0.2, 0.25) is 0 Å². The van der Waals surface area contributed by atoms with E-state index < -0.39 is 0 Å². The lowest BCUT2D eigenvalue weighted by Gasteiger charge is -2.36. The molecule has 1 aromatic carbocycles. The molecule has 2 atom stereocenters. The summed E-state index contributed by atoms with van der Waals surface area (Å²) in [6, 6.07) is 9.57. The third-order valence-corrected chi connectivity index (χ3v) is 3.41. The summed E-state index contributed by atoms with van der Waals surface area (Å²) >= 11 is 0. The van der Waals surface area contributed by atoms with Gasteiger partial charge in [0.25, 0.3) is 0 Å². The fourth-order valence-corrected chi connectivity index (χ4v) is 2.40. The summed E-state index contributed by atoms with van der Waals surface area (Å²) in [5.74, 6) is 0.677. The first kappa shape index (κ1) is 12.1. The van der Waals surface area contributed by atoms with Crippen molar-refractivity contribution in [1.82, 2.24) is 4.90 Å². The molecule has 0 bridgehead atoms. The lowest BCUT2D eigenvalue weighted by atomic mass is 9.96. The van der Waals surface area contributed by atoms with E-state index in [1.807, 2.05) is 35.2 Å². The number of benzene rings is 1. The first-order valence-corrected chi connectivity index (χ1v) is 6.17. The number of piperidine rings is 1. The average molecular weight is 233 g/mol. The first-order chi connectivity index (χ1) is 8.22. The van der Waals surface area contributed by atoms with Crippen LogP contribution in [0.15, 0.2) is 30.3 Å². The lowest BCUT2D eigenvalue weighted by molar-refractivity contribution is -0.138. The normalized spacial score (nSPS) is 22.6. The van der Waals surface area contributed by atoms with Crippen LogP contribution in [0.25, 0.3) is 0 Å². The van der Waals surface area contributed by atoms with Gasteiger partial charge in [0.15, 0.2) is 0 Å². The number of rotatable bonds is 3. The van der Waals surface area contributed by atoms with E-state index in [4.69, 9.17) is 0 Å². The molecule has 0 radical (unpaired) electrons. The molecular weight excluding hydrogens is 214 g/mol. The molecule has 2 rings (SSSR count). The maximum Gasteiger partial charge on any atom is 0.223 e. The number of carbonyl (C=O) groups excluding carboxylic acids is 1. The van der Waals surface area contributed by atoms with Crippen molar-refractivity contribution in [3.63, 3.8) is 0 Å². The van der Waals surface area contributed by atoms with Crippen molar-refractivity contribution >= 4 is 5.91 Å². The molecule has 1 N–H and O–H groups in total. The topological polar surface area (TPSA) is 40.5 Å². The summed E-state index contributed by atoms with van der Waals surface area (Å²) in [5, 5.41) is 9.54. The van der Waals surface area contributed by atoms with Crippen LogP contribution < -0.4 is 0 Å². The minimum atomic E-state index is -0.188. The molecule has 1 heterocycles. The Hall–Kier alpha value is -1.35. The summed E-state index contributed by atoms with van der Waals surface area (Å²) in [6.45, 7) is 2.89. The number of hydrogen-bond acceptors (Lipinski definition) is 2. The maximum absolute atomic E-state index is 11.9. The van der Waals surface area contributed by atoms with E-state index in [-0.39, 0.29) is 18.6 Å². The Balaban J connectivity index is 2.20. The van der Waals surface area contributed by atoms with Crippen molar-refractivity contribution in [3.05, 3.63) is 35.9 Å². The van der Waals surface area contributed by atoms with Crippen LogP contribution in [-0.4, -0.2) is 29.1 Å². The van der Waals surface area contributed by atoms with Gasteiger partial charge in [-0.05, 0) is 17.9 Å². The monoisotopic (exact) mass is 233 g/mol. The fraction of sp³-hybridized carbons (Fsp3) is 0.500. The number of aliphatic hydroxyl groups excluding tert-OH is 1. The van der Waals surface area contributed by atoms with Gasteiger partial charge >= 0.3 is 0 Å². The summed E-state index contributed by atoms with van der Waals surface area (Å²) in [5.41, 5.74) is 1.01. The second-order valence-corrected chi connectivity index (χ2v) is 4.80. The second-order valence-electron chi connectivity index (χ2n) is 4.80. The predicted molar refractivity (Wildman–Crippen MR) is 66.4 cm³/mol. The van der Waals surface area contributed by atoms with Crippen molar-refractivity contribution in [1.29, 1.82) is 0 Å². The van der Waals surface area contributed by atoms with Gasteiger partial charge in [0, 0.05) is 13.0 Å². The van der Waals surface area contributed by atoms with Gasteiger partial charge in [-0.3, -0.25) is 4.79 Å². The van der Waals surface area contributed by atoms with E-state index in [9.17, 15) is 9.90 Å². The molecule has 1 amide bonds. The highest BCUT2D eigenvalue weighted by atomic mass is 16.3. The van der Waals surface area contributed by atoms with Crippen molar-refractivity contribution in [2.24, 2.45) is 5.92 Å². The van der Waals surface area contributed by atoms with E-state index in [2.05, 4.69) is 6.92 Å². The molecule has 1 saturated heterocycles. The fourth-order valence-electron chi connectivity index (χ4n) is 2.40. The van der Waals surface area contributed by atoms with Gasteiger partial charge < -0.3 is 10.0 Å². The lowest BCUT2D eigenvalue weighted by Crippen LogP contribution is -2.42. The Morgan fingerprint density at radius 2 is 2.12 bits per heavy atom. The van der Waals surface area contributed by atoms with Gasteiger partial charge in [0.1, 0.15) is 0 Å². The Kier molecular flexibility index (Phi) is 3.79. The Labute approximate surface area is 102 Å². The van der Waals surface area contributed by atoms with Gasteiger partial charge in [-0.25, -0.2) is 0 Å². The van der Waals surface area contributed by atoms with Crippen LogP contribution in [0.3, 0.4) is 0 Å². The van der Waals surface area contributed by atoms with Crippen LogP contribution in [0, 0.1) is 5.92 Å². The Morgan fingerprint density at radius 3 is 2.76 bits per heavy atom. The van der Waals surface area contributed by atoms with Gasteiger partial charge in [-0.15, -0.1) is 0 Å². The van der Waals surface area contributed by atoms with E-state index in [0.717, 1.165) is 18.5 Å². The highest BCUT2D eigenvalue weighted by molar-refractivity contribution is 5.77. The predicted octanol–water partition coefficient (Wildman–Crippen LogP) is 1.98. The molecular formula is C14H19NO2. The van der Waals surface area contributed by atoms with Gasteiger partial charge in [0.2, 0.25) is 5.91 Å². The molecule has 0 saturated carbocycles. The van der Waals surface area contributed by atoms with Crippen LogP contribution >= 0.6 is 0 Å². The molecule has 0 aliphatic carbocycles. The number of carbonyl (C=O) groups is 1. The average Bonchev–Trinajstić information content (AvgIpc) is 2.36. The third kappa shape index (κ3) is 2.67. The number of likely N-dealkylation sites (tertiary alicyclic amines) is 1. The largest absolute Gasteiger partial charge is 0.394 e. The van der Waals surface area contributed by atoms with Crippen molar-refractivity contribution in [2.75, 3.05) is 13.2 Å². The number of aliphatic hydroxyl groups is 1. The SMILES string of the molecule is CC1CCC(=O)N([C@H](CO)c2ccccc2)C1. The van der Waals surface area contributed by atoms with Crippen LogP contribution in [0.4, 0.5) is 0 Å². The van der Waals surface area contributed by atoms with Crippen molar-refractivity contribution in [3.8, 4) is 0 Å². The highest BCUT2D eigenvalue weighted by Gasteiger charge is 2.29. The van der Waals surface area contributed by atoms with Gasteiger partial charge in [-0.2, -0.15) is 0 Å². The molecule has 1 aromatic rings. The van der Waals surface area contributed by atoms with Gasteiger partial charge in [-0.1, -0.05) is 37.3 Å².